The zero-order valence-corrected chi connectivity index (χ0v) is 10.7. The average molecular weight is 286 g/mol. The van der Waals surface area contributed by atoms with Crippen LogP contribution in [0.3, 0.4) is 0 Å². The number of hydrogen-bond acceptors (Lipinski definition) is 3. The maximum Gasteiger partial charge on any atom is 0.416 e. The fourth-order valence-corrected chi connectivity index (χ4v) is 1.62. The van der Waals surface area contributed by atoms with Crippen LogP contribution in [0.2, 0.25) is 0 Å². The minimum atomic E-state index is -4.50. The van der Waals surface area contributed by atoms with Crippen LogP contribution >= 0.6 is 0 Å². The average Bonchev–Trinajstić information content (AvgIpc) is 2.35. The molecule has 0 spiro atoms. The van der Waals surface area contributed by atoms with Gasteiger partial charge in [0.2, 0.25) is 0 Å². The molecule has 0 fully saturated rings. The van der Waals surface area contributed by atoms with Crippen LogP contribution in [0, 0.1) is 11.3 Å². The second kappa shape index (κ2) is 6.28. The van der Waals surface area contributed by atoms with Crippen LogP contribution in [0.5, 0.6) is 0 Å². The lowest BCUT2D eigenvalue weighted by Crippen LogP contribution is -2.17. The Morgan fingerprint density at radius 1 is 1.50 bits per heavy atom. The number of nitrogens with one attached hydrogen (secondary N) is 1. The Kier molecular flexibility index (Phi) is 4.97. The molecule has 0 aliphatic heterocycles. The number of nitrogens with zero attached hydrogens (tertiary/aromatic N) is 1. The molecule has 0 radical (unpaired) electrons. The summed E-state index contributed by atoms with van der Waals surface area (Å²) in [4.78, 5) is 10.4. The van der Waals surface area contributed by atoms with E-state index < -0.39 is 17.7 Å². The summed E-state index contributed by atoms with van der Waals surface area (Å²) in [6.45, 7) is 1.70. The number of aliphatic carboxylic acids is 1. The third-order valence-corrected chi connectivity index (χ3v) is 2.66. The number of anilines is 1. The molecule has 1 unspecified atom stereocenters. The molecular formula is C13H13F3N2O2. The van der Waals surface area contributed by atoms with Gasteiger partial charge in [0, 0.05) is 12.5 Å². The van der Waals surface area contributed by atoms with Gasteiger partial charge in [-0.15, -0.1) is 0 Å². The van der Waals surface area contributed by atoms with Crippen LogP contribution in [0.1, 0.15) is 30.9 Å². The molecule has 7 heteroatoms. The first-order valence-corrected chi connectivity index (χ1v) is 5.83. The van der Waals surface area contributed by atoms with E-state index in [2.05, 4.69) is 5.32 Å². The molecule has 0 aliphatic carbocycles. The highest BCUT2D eigenvalue weighted by molar-refractivity contribution is 5.67. The summed E-state index contributed by atoms with van der Waals surface area (Å²) < 4.78 is 37.5. The van der Waals surface area contributed by atoms with Gasteiger partial charge < -0.3 is 10.4 Å². The van der Waals surface area contributed by atoms with Crippen molar-refractivity contribution in [1.29, 1.82) is 5.26 Å². The number of nitriles is 1. The van der Waals surface area contributed by atoms with Gasteiger partial charge >= 0.3 is 12.1 Å². The first kappa shape index (κ1) is 15.8. The fourth-order valence-electron chi connectivity index (χ4n) is 1.62. The van der Waals surface area contributed by atoms with E-state index in [1.165, 1.54) is 6.07 Å². The van der Waals surface area contributed by atoms with Crippen molar-refractivity contribution in [1.82, 2.24) is 0 Å². The van der Waals surface area contributed by atoms with E-state index in [0.717, 1.165) is 12.1 Å². The van der Waals surface area contributed by atoms with Crippen LogP contribution in [0.4, 0.5) is 18.9 Å². The monoisotopic (exact) mass is 286 g/mol. The van der Waals surface area contributed by atoms with Gasteiger partial charge in [0.05, 0.1) is 16.8 Å². The van der Waals surface area contributed by atoms with Crippen LogP contribution in [0.15, 0.2) is 18.2 Å². The Bertz CT molecular complexity index is 535. The first-order chi connectivity index (χ1) is 9.24. The molecule has 0 saturated carbocycles. The van der Waals surface area contributed by atoms with E-state index in [1.807, 2.05) is 0 Å². The summed E-state index contributed by atoms with van der Waals surface area (Å²) in [5, 5.41) is 20.3. The molecule has 20 heavy (non-hydrogen) atoms. The van der Waals surface area contributed by atoms with Gasteiger partial charge in [-0.25, -0.2) is 0 Å². The number of halogens is 3. The fraction of sp³-hybridized carbons (Fsp3) is 0.385. The van der Waals surface area contributed by atoms with Crippen molar-refractivity contribution in [2.24, 2.45) is 0 Å². The minimum Gasteiger partial charge on any atom is -0.481 e. The number of alkyl halides is 3. The molecule has 0 aromatic heterocycles. The lowest BCUT2D eigenvalue weighted by molar-refractivity contribution is -0.138. The highest BCUT2D eigenvalue weighted by Crippen LogP contribution is 2.31. The zero-order chi connectivity index (χ0) is 15.3. The van der Waals surface area contributed by atoms with E-state index in [9.17, 15) is 18.0 Å². The van der Waals surface area contributed by atoms with Crippen molar-refractivity contribution in [3.63, 3.8) is 0 Å². The second-order valence-electron chi connectivity index (χ2n) is 4.35. The Hall–Kier alpha value is -2.23. The maximum absolute atomic E-state index is 12.5. The quantitative estimate of drug-likeness (QED) is 0.871. The Labute approximate surface area is 113 Å². The van der Waals surface area contributed by atoms with E-state index in [-0.39, 0.29) is 23.7 Å². The lowest BCUT2D eigenvalue weighted by Gasteiger charge is -2.16. The summed E-state index contributed by atoms with van der Waals surface area (Å²) >= 11 is 0. The smallest absolute Gasteiger partial charge is 0.416 e. The molecule has 4 nitrogen and oxygen atoms in total. The largest absolute Gasteiger partial charge is 0.481 e. The third-order valence-electron chi connectivity index (χ3n) is 2.66. The Balaban J connectivity index is 2.86. The van der Waals surface area contributed by atoms with E-state index in [0.29, 0.717) is 6.42 Å². The van der Waals surface area contributed by atoms with Crippen molar-refractivity contribution < 1.29 is 23.1 Å². The maximum atomic E-state index is 12.5. The molecule has 2 N–H and O–H groups in total. The summed E-state index contributed by atoms with van der Waals surface area (Å²) in [7, 11) is 0. The molecule has 0 heterocycles. The summed E-state index contributed by atoms with van der Waals surface area (Å²) in [6.07, 6.45) is -4.25. The van der Waals surface area contributed by atoms with Gasteiger partial charge in [-0.1, -0.05) is 0 Å². The minimum absolute atomic E-state index is 0.0588. The highest BCUT2D eigenvalue weighted by Gasteiger charge is 2.31. The van der Waals surface area contributed by atoms with Gasteiger partial charge in [0.15, 0.2) is 0 Å². The number of rotatable bonds is 5. The molecule has 1 atom stereocenters. The predicted octanol–water partition coefficient (Wildman–Crippen LogP) is 3.24. The van der Waals surface area contributed by atoms with E-state index in [4.69, 9.17) is 10.4 Å². The predicted molar refractivity (Wildman–Crippen MR) is 66.1 cm³/mol. The summed E-state index contributed by atoms with van der Waals surface area (Å²) in [6, 6.07) is 4.26. The van der Waals surface area contributed by atoms with Gasteiger partial charge in [-0.05, 0) is 31.5 Å². The van der Waals surface area contributed by atoms with Gasteiger partial charge in [-0.3, -0.25) is 4.79 Å². The third kappa shape index (κ3) is 4.46. The van der Waals surface area contributed by atoms with Crippen molar-refractivity contribution in [3.05, 3.63) is 29.3 Å². The number of hydrogen-bond donors (Lipinski definition) is 2. The molecule has 0 saturated heterocycles. The standard InChI is InChI=1S/C13H13F3N2O2/c1-8(2-5-12(19)20)18-11-4-3-10(13(14,15)16)6-9(11)7-17/h3-4,6,8,18H,2,5H2,1H3,(H,19,20). The normalized spacial score (nSPS) is 12.6. The van der Waals surface area contributed by atoms with Crippen molar-refractivity contribution in [2.45, 2.75) is 32.0 Å². The highest BCUT2D eigenvalue weighted by atomic mass is 19.4. The molecule has 108 valence electrons. The SMILES string of the molecule is CC(CCC(=O)O)Nc1ccc(C(F)(F)F)cc1C#N. The van der Waals surface area contributed by atoms with Crippen LogP contribution in [-0.2, 0) is 11.0 Å². The first-order valence-electron chi connectivity index (χ1n) is 5.83. The molecule has 0 aliphatic rings. The topological polar surface area (TPSA) is 73.1 Å². The summed E-state index contributed by atoms with van der Waals surface area (Å²) in [5.74, 6) is -0.952. The van der Waals surface area contributed by atoms with Gasteiger partial charge in [-0.2, -0.15) is 18.4 Å². The molecular weight excluding hydrogens is 273 g/mol. The van der Waals surface area contributed by atoms with Crippen LogP contribution in [0.25, 0.3) is 0 Å². The Morgan fingerprint density at radius 2 is 2.15 bits per heavy atom. The van der Waals surface area contributed by atoms with Crippen molar-refractivity contribution in [2.75, 3.05) is 5.32 Å². The summed E-state index contributed by atoms with van der Waals surface area (Å²) in [5.41, 5.74) is -0.752. The number of carboxylic acids is 1. The van der Waals surface area contributed by atoms with Gasteiger partial charge in [0.1, 0.15) is 6.07 Å². The molecule has 1 aromatic carbocycles. The Morgan fingerprint density at radius 3 is 2.65 bits per heavy atom. The van der Waals surface area contributed by atoms with Crippen molar-refractivity contribution >= 4 is 11.7 Å². The second-order valence-corrected chi connectivity index (χ2v) is 4.35. The molecule has 0 amide bonds. The number of carboxylic acid groups (broad SMARTS) is 1. The lowest BCUT2D eigenvalue weighted by atomic mass is 10.1. The van der Waals surface area contributed by atoms with Crippen LogP contribution in [-0.4, -0.2) is 17.1 Å². The van der Waals surface area contributed by atoms with Gasteiger partial charge in [0.25, 0.3) is 0 Å². The molecule has 1 rings (SSSR count). The number of benzene rings is 1. The molecule has 1 aromatic rings. The van der Waals surface area contributed by atoms with E-state index in [1.54, 1.807) is 13.0 Å². The van der Waals surface area contributed by atoms with E-state index >= 15 is 0 Å². The van der Waals surface area contributed by atoms with Crippen molar-refractivity contribution in [3.8, 4) is 6.07 Å². The zero-order valence-electron chi connectivity index (χ0n) is 10.7. The van der Waals surface area contributed by atoms with Crippen LogP contribution < -0.4 is 5.32 Å². The number of carbonyl (C=O) groups is 1. The molecule has 0 bridgehead atoms.